The number of hydrogen-bond acceptors (Lipinski definition) is 5. The largest absolute Gasteiger partial charge is 0.497 e. The van der Waals surface area contributed by atoms with Crippen LogP contribution in [-0.4, -0.2) is 47.4 Å². The Bertz CT molecular complexity index is 925. The van der Waals surface area contributed by atoms with E-state index in [0.717, 1.165) is 27.9 Å². The van der Waals surface area contributed by atoms with Gasteiger partial charge in [-0.05, 0) is 42.0 Å². The predicted octanol–water partition coefficient (Wildman–Crippen LogP) is 3.64. The van der Waals surface area contributed by atoms with Crippen LogP contribution in [0.4, 0.5) is 0 Å². The fourth-order valence-corrected chi connectivity index (χ4v) is 3.62. The van der Waals surface area contributed by atoms with Crippen molar-refractivity contribution in [1.29, 1.82) is 0 Å². The van der Waals surface area contributed by atoms with Crippen LogP contribution in [0.25, 0.3) is 5.69 Å². The van der Waals surface area contributed by atoms with Gasteiger partial charge in [0.25, 0.3) is 0 Å². The average Bonchev–Trinajstić information content (AvgIpc) is 3.20. The maximum absolute atomic E-state index is 12.5. The van der Waals surface area contributed by atoms with E-state index >= 15 is 0 Å². The van der Waals surface area contributed by atoms with Gasteiger partial charge in [-0.15, -0.1) is 0 Å². The molecule has 0 aliphatic rings. The van der Waals surface area contributed by atoms with Crippen LogP contribution in [-0.2, 0) is 11.3 Å². The smallest absolute Gasteiger partial charge is 0.233 e. The summed E-state index contributed by atoms with van der Waals surface area (Å²) in [5.74, 6) is 1.94. The molecule has 0 bridgehead atoms. The van der Waals surface area contributed by atoms with Gasteiger partial charge in [0.2, 0.25) is 5.91 Å². The second-order valence-electron chi connectivity index (χ2n) is 6.17. The maximum Gasteiger partial charge on any atom is 0.233 e. The van der Waals surface area contributed by atoms with Gasteiger partial charge in [0.1, 0.15) is 11.5 Å². The van der Waals surface area contributed by atoms with Gasteiger partial charge in [0.05, 0.1) is 20.0 Å². The van der Waals surface area contributed by atoms with Crippen LogP contribution in [0, 0.1) is 0 Å². The zero-order valence-corrected chi connectivity index (χ0v) is 17.0. The fraction of sp³-hybridized carbons (Fsp3) is 0.238. The highest BCUT2D eigenvalue weighted by Crippen LogP contribution is 2.23. The summed E-state index contributed by atoms with van der Waals surface area (Å²) in [7, 11) is 5.08. The van der Waals surface area contributed by atoms with Gasteiger partial charge >= 0.3 is 0 Å². The number of amides is 1. The Balaban J connectivity index is 1.60. The Morgan fingerprint density at radius 2 is 1.86 bits per heavy atom. The first-order valence-electron chi connectivity index (χ1n) is 8.78. The Kier molecular flexibility index (Phi) is 6.60. The van der Waals surface area contributed by atoms with E-state index in [0.29, 0.717) is 12.3 Å². The van der Waals surface area contributed by atoms with E-state index in [1.54, 1.807) is 32.4 Å². The number of rotatable bonds is 8. The molecule has 6 nitrogen and oxygen atoms in total. The lowest BCUT2D eigenvalue weighted by molar-refractivity contribution is -0.127. The lowest BCUT2D eigenvalue weighted by Gasteiger charge is -2.17. The monoisotopic (exact) mass is 397 g/mol. The summed E-state index contributed by atoms with van der Waals surface area (Å²) in [6.07, 6.45) is 3.62. The predicted molar refractivity (Wildman–Crippen MR) is 110 cm³/mol. The lowest BCUT2D eigenvalue weighted by atomic mass is 10.2. The first kappa shape index (κ1) is 19.8. The van der Waals surface area contributed by atoms with Gasteiger partial charge in [-0.25, -0.2) is 4.98 Å². The third-order valence-electron chi connectivity index (χ3n) is 4.26. The van der Waals surface area contributed by atoms with E-state index in [4.69, 9.17) is 9.47 Å². The normalized spacial score (nSPS) is 10.5. The molecule has 0 unspecified atom stereocenters. The van der Waals surface area contributed by atoms with Gasteiger partial charge in [-0.2, -0.15) is 0 Å². The Hall–Kier alpha value is -2.93. The highest BCUT2D eigenvalue weighted by Gasteiger charge is 2.13. The minimum absolute atomic E-state index is 0.0390. The maximum atomic E-state index is 12.5. The molecule has 7 heteroatoms. The summed E-state index contributed by atoms with van der Waals surface area (Å²) in [6.45, 7) is 0.531. The molecule has 3 aromatic rings. The molecule has 0 aliphatic heterocycles. The highest BCUT2D eigenvalue weighted by atomic mass is 32.2. The van der Waals surface area contributed by atoms with Crippen molar-refractivity contribution >= 4 is 17.7 Å². The Labute approximate surface area is 169 Å². The minimum atomic E-state index is 0.0390. The third-order valence-corrected chi connectivity index (χ3v) is 5.21. The first-order chi connectivity index (χ1) is 13.6. The summed E-state index contributed by atoms with van der Waals surface area (Å²) in [5.41, 5.74) is 2.00. The average molecular weight is 398 g/mol. The molecule has 1 amide bonds. The van der Waals surface area contributed by atoms with Gasteiger partial charge in [-0.3, -0.25) is 9.36 Å². The quantitative estimate of drug-likeness (QED) is 0.543. The number of imidazole rings is 1. The summed E-state index contributed by atoms with van der Waals surface area (Å²) in [5, 5.41) is 0.772. The molecule has 2 aromatic carbocycles. The van der Waals surface area contributed by atoms with Crippen LogP contribution in [0.1, 0.15) is 5.56 Å². The lowest BCUT2D eigenvalue weighted by Crippen LogP contribution is -2.27. The molecule has 28 heavy (non-hydrogen) atoms. The first-order valence-corrected chi connectivity index (χ1v) is 9.76. The van der Waals surface area contributed by atoms with E-state index in [9.17, 15) is 4.79 Å². The van der Waals surface area contributed by atoms with Gasteiger partial charge in [-0.1, -0.05) is 23.9 Å². The summed E-state index contributed by atoms with van der Waals surface area (Å²) in [6, 6.07) is 15.5. The number of hydrogen-bond donors (Lipinski definition) is 0. The van der Waals surface area contributed by atoms with Gasteiger partial charge in [0, 0.05) is 31.7 Å². The van der Waals surface area contributed by atoms with Crippen LogP contribution in [0.15, 0.2) is 66.1 Å². The molecule has 1 aromatic heterocycles. The van der Waals surface area contributed by atoms with Crippen molar-refractivity contribution in [2.24, 2.45) is 0 Å². The molecule has 0 saturated heterocycles. The Morgan fingerprint density at radius 1 is 1.11 bits per heavy atom. The molecule has 1 heterocycles. The molecule has 0 atom stereocenters. The standard InChI is InChI=1S/C21H23N3O3S/c1-23(14-16-5-4-6-19(13-16)27-3)20(25)15-28-21-22-11-12-24(21)17-7-9-18(26-2)10-8-17/h4-13H,14-15H2,1-3H3. The molecular formula is C21H23N3O3S. The molecule has 3 rings (SSSR count). The van der Waals surface area contributed by atoms with Crippen LogP contribution in [0.2, 0.25) is 0 Å². The summed E-state index contributed by atoms with van der Waals surface area (Å²) < 4.78 is 12.4. The molecule has 0 spiro atoms. The second-order valence-corrected chi connectivity index (χ2v) is 7.11. The van der Waals surface area contributed by atoms with Gasteiger partial charge in [0.15, 0.2) is 5.16 Å². The number of carbonyl (C=O) groups is 1. The number of carbonyl (C=O) groups excluding carboxylic acids is 1. The molecular weight excluding hydrogens is 374 g/mol. The summed E-state index contributed by atoms with van der Waals surface area (Å²) >= 11 is 1.42. The van der Waals surface area contributed by atoms with Crippen molar-refractivity contribution in [2.75, 3.05) is 27.0 Å². The van der Waals surface area contributed by atoms with Crippen molar-refractivity contribution < 1.29 is 14.3 Å². The fourth-order valence-electron chi connectivity index (χ4n) is 2.71. The van der Waals surface area contributed by atoms with Gasteiger partial charge < -0.3 is 14.4 Å². The van der Waals surface area contributed by atoms with E-state index in [1.165, 1.54) is 11.8 Å². The van der Waals surface area contributed by atoms with Crippen molar-refractivity contribution in [3.05, 3.63) is 66.5 Å². The van der Waals surface area contributed by atoms with Crippen LogP contribution in [0.3, 0.4) is 0 Å². The molecule has 0 N–H and O–H groups in total. The SMILES string of the molecule is COc1ccc(-n2ccnc2SCC(=O)N(C)Cc2cccc(OC)c2)cc1. The van der Waals surface area contributed by atoms with Crippen LogP contribution in [0.5, 0.6) is 11.5 Å². The van der Waals surface area contributed by atoms with Crippen molar-refractivity contribution in [3.8, 4) is 17.2 Å². The minimum Gasteiger partial charge on any atom is -0.497 e. The van der Waals surface area contributed by atoms with E-state index in [1.807, 2.05) is 59.3 Å². The van der Waals surface area contributed by atoms with Crippen molar-refractivity contribution in [3.63, 3.8) is 0 Å². The van der Waals surface area contributed by atoms with E-state index in [-0.39, 0.29) is 5.91 Å². The molecule has 0 saturated carbocycles. The number of ether oxygens (including phenoxy) is 2. The number of aromatic nitrogens is 2. The topological polar surface area (TPSA) is 56.6 Å². The molecule has 146 valence electrons. The number of benzene rings is 2. The second kappa shape index (κ2) is 9.32. The zero-order valence-electron chi connectivity index (χ0n) is 16.2. The Morgan fingerprint density at radius 3 is 2.57 bits per heavy atom. The summed E-state index contributed by atoms with van der Waals surface area (Å²) in [4.78, 5) is 18.6. The van der Waals surface area contributed by atoms with Crippen molar-refractivity contribution in [2.45, 2.75) is 11.7 Å². The zero-order chi connectivity index (χ0) is 19.9. The van der Waals surface area contributed by atoms with E-state index < -0.39 is 0 Å². The molecule has 0 fully saturated rings. The number of thioether (sulfide) groups is 1. The molecule has 0 aliphatic carbocycles. The van der Waals surface area contributed by atoms with E-state index in [2.05, 4.69) is 4.98 Å². The van der Waals surface area contributed by atoms with Crippen molar-refractivity contribution in [1.82, 2.24) is 14.5 Å². The molecule has 0 radical (unpaired) electrons. The number of methoxy groups -OCH3 is 2. The highest BCUT2D eigenvalue weighted by molar-refractivity contribution is 7.99. The third kappa shape index (κ3) is 4.86. The van der Waals surface area contributed by atoms with Crippen LogP contribution >= 0.6 is 11.8 Å². The number of nitrogens with zero attached hydrogens (tertiary/aromatic N) is 3. The van der Waals surface area contributed by atoms with Crippen LogP contribution < -0.4 is 9.47 Å².